The number of piperidine rings is 1. The van der Waals surface area contributed by atoms with E-state index in [0.29, 0.717) is 17.8 Å². The molecule has 2 heterocycles. The monoisotopic (exact) mass is 321 g/mol. The number of aromatic nitrogens is 2. The molecule has 3 rings (SSSR count). The van der Waals surface area contributed by atoms with Crippen molar-refractivity contribution in [2.45, 2.75) is 31.7 Å². The summed E-state index contributed by atoms with van der Waals surface area (Å²) in [7, 11) is 0. The average Bonchev–Trinajstić information content (AvgIpc) is 2.88. The second kappa shape index (κ2) is 5.43. The summed E-state index contributed by atoms with van der Waals surface area (Å²) in [6.07, 6.45) is 2.12. The summed E-state index contributed by atoms with van der Waals surface area (Å²) in [5.41, 5.74) is 0.978. The molecule has 1 aromatic carbocycles. The van der Waals surface area contributed by atoms with Gasteiger partial charge in [0.15, 0.2) is 0 Å². The van der Waals surface area contributed by atoms with Gasteiger partial charge in [-0.25, -0.2) is 0 Å². The molecule has 100 valence electrons. The predicted molar refractivity (Wildman–Crippen MR) is 76.9 cm³/mol. The van der Waals surface area contributed by atoms with Crippen LogP contribution in [0.2, 0.25) is 0 Å². The molecule has 1 aromatic heterocycles. The Balaban J connectivity index is 1.83. The third kappa shape index (κ3) is 2.87. The smallest absolute Gasteiger partial charge is 0.230 e. The summed E-state index contributed by atoms with van der Waals surface area (Å²) in [6.45, 7) is 3.21. The highest BCUT2D eigenvalue weighted by atomic mass is 79.9. The van der Waals surface area contributed by atoms with E-state index in [4.69, 9.17) is 4.52 Å². The minimum absolute atomic E-state index is 0.379. The first kappa shape index (κ1) is 12.8. The van der Waals surface area contributed by atoms with Crippen LogP contribution in [-0.2, 0) is 0 Å². The van der Waals surface area contributed by atoms with Gasteiger partial charge in [-0.2, -0.15) is 4.98 Å². The molecule has 0 radical (unpaired) electrons. The first-order valence-electron chi connectivity index (χ1n) is 6.55. The Morgan fingerprint density at radius 1 is 1.42 bits per heavy atom. The molecule has 0 bridgehead atoms. The second-order valence-corrected chi connectivity index (χ2v) is 5.96. The normalized spacial score (nSPS) is 23.5. The van der Waals surface area contributed by atoms with Gasteiger partial charge in [0.05, 0.1) is 0 Å². The maximum Gasteiger partial charge on any atom is 0.230 e. The van der Waals surface area contributed by atoms with Crippen molar-refractivity contribution >= 4 is 15.9 Å². The van der Waals surface area contributed by atoms with E-state index in [1.54, 1.807) is 0 Å². The van der Waals surface area contributed by atoms with E-state index in [2.05, 4.69) is 38.3 Å². The molecule has 2 unspecified atom stereocenters. The van der Waals surface area contributed by atoms with Gasteiger partial charge in [0.1, 0.15) is 0 Å². The maximum absolute atomic E-state index is 5.44. The highest BCUT2D eigenvalue weighted by molar-refractivity contribution is 9.10. The summed E-state index contributed by atoms with van der Waals surface area (Å²) in [5.74, 6) is 1.82. The zero-order chi connectivity index (χ0) is 13.2. The fourth-order valence-electron chi connectivity index (χ4n) is 2.50. The van der Waals surface area contributed by atoms with Crippen LogP contribution in [0.4, 0.5) is 0 Å². The Bertz CT molecular complexity index is 569. The van der Waals surface area contributed by atoms with Crippen LogP contribution in [0.3, 0.4) is 0 Å². The molecule has 1 N–H and O–H groups in total. The maximum atomic E-state index is 5.44. The average molecular weight is 322 g/mol. The van der Waals surface area contributed by atoms with E-state index in [1.165, 1.54) is 0 Å². The Labute approximate surface area is 120 Å². The van der Waals surface area contributed by atoms with E-state index in [1.807, 2.05) is 24.3 Å². The zero-order valence-electron chi connectivity index (χ0n) is 10.8. The van der Waals surface area contributed by atoms with Crippen molar-refractivity contribution in [3.63, 3.8) is 0 Å². The number of halogens is 1. The van der Waals surface area contributed by atoms with Crippen molar-refractivity contribution in [2.24, 2.45) is 0 Å². The van der Waals surface area contributed by atoms with Crippen molar-refractivity contribution in [1.29, 1.82) is 0 Å². The van der Waals surface area contributed by atoms with Crippen LogP contribution in [0.25, 0.3) is 11.4 Å². The lowest BCUT2D eigenvalue weighted by Crippen LogP contribution is -2.34. The molecule has 1 aliphatic heterocycles. The van der Waals surface area contributed by atoms with Gasteiger partial charge in [0, 0.05) is 22.0 Å². The van der Waals surface area contributed by atoms with Crippen LogP contribution in [0.1, 0.15) is 31.6 Å². The van der Waals surface area contributed by atoms with Gasteiger partial charge in [-0.15, -0.1) is 0 Å². The van der Waals surface area contributed by atoms with Crippen molar-refractivity contribution in [3.8, 4) is 11.4 Å². The Kier molecular flexibility index (Phi) is 3.66. The molecule has 0 saturated carbocycles. The molecule has 19 heavy (non-hydrogen) atoms. The van der Waals surface area contributed by atoms with Gasteiger partial charge in [-0.1, -0.05) is 33.2 Å². The Morgan fingerprint density at radius 3 is 3.11 bits per heavy atom. The number of nitrogens with zero attached hydrogens (tertiary/aromatic N) is 2. The predicted octanol–water partition coefficient (Wildman–Crippen LogP) is 3.35. The molecule has 1 aliphatic rings. The van der Waals surface area contributed by atoms with Crippen molar-refractivity contribution < 1.29 is 4.52 Å². The summed E-state index contributed by atoms with van der Waals surface area (Å²) >= 11 is 3.46. The topological polar surface area (TPSA) is 51.0 Å². The Hall–Kier alpha value is -1.20. The minimum atomic E-state index is 0.379. The standard InChI is InChI=1S/C14H16BrN3O/c1-9-7-11(5-6-16-9)14-17-13(18-19-14)10-3-2-4-12(15)8-10/h2-4,8-9,11,16H,5-7H2,1H3. The van der Waals surface area contributed by atoms with Crippen LogP contribution in [0, 0.1) is 0 Å². The Morgan fingerprint density at radius 2 is 2.32 bits per heavy atom. The number of rotatable bonds is 2. The first-order chi connectivity index (χ1) is 9.22. The third-order valence-electron chi connectivity index (χ3n) is 3.50. The summed E-state index contributed by atoms with van der Waals surface area (Å²) < 4.78 is 6.46. The molecule has 0 aliphatic carbocycles. The van der Waals surface area contributed by atoms with Crippen LogP contribution in [0.5, 0.6) is 0 Å². The molecular formula is C14H16BrN3O. The van der Waals surface area contributed by atoms with Crippen LogP contribution >= 0.6 is 15.9 Å². The molecule has 2 atom stereocenters. The molecule has 5 heteroatoms. The lowest BCUT2D eigenvalue weighted by atomic mass is 9.93. The fraction of sp³-hybridized carbons (Fsp3) is 0.429. The van der Waals surface area contributed by atoms with Gasteiger partial charge in [0.25, 0.3) is 0 Å². The van der Waals surface area contributed by atoms with Gasteiger partial charge in [0.2, 0.25) is 11.7 Å². The SMILES string of the molecule is CC1CC(c2nc(-c3cccc(Br)c3)no2)CCN1. The van der Waals surface area contributed by atoms with E-state index in [0.717, 1.165) is 35.3 Å². The summed E-state index contributed by atoms with van der Waals surface area (Å²) in [6, 6.07) is 8.46. The van der Waals surface area contributed by atoms with Crippen molar-refractivity contribution in [1.82, 2.24) is 15.5 Å². The van der Waals surface area contributed by atoms with E-state index < -0.39 is 0 Å². The van der Waals surface area contributed by atoms with E-state index in [9.17, 15) is 0 Å². The number of hydrogen-bond donors (Lipinski definition) is 1. The second-order valence-electron chi connectivity index (χ2n) is 5.04. The lowest BCUT2D eigenvalue weighted by molar-refractivity contribution is 0.295. The number of nitrogens with one attached hydrogen (secondary N) is 1. The van der Waals surface area contributed by atoms with Gasteiger partial charge >= 0.3 is 0 Å². The summed E-state index contributed by atoms with van der Waals surface area (Å²) in [5, 5.41) is 7.53. The minimum Gasteiger partial charge on any atom is -0.339 e. The zero-order valence-corrected chi connectivity index (χ0v) is 12.4. The first-order valence-corrected chi connectivity index (χ1v) is 7.34. The van der Waals surface area contributed by atoms with Crippen LogP contribution in [-0.4, -0.2) is 22.7 Å². The molecule has 1 fully saturated rings. The number of hydrogen-bond acceptors (Lipinski definition) is 4. The quantitative estimate of drug-likeness (QED) is 0.921. The van der Waals surface area contributed by atoms with E-state index >= 15 is 0 Å². The van der Waals surface area contributed by atoms with Crippen molar-refractivity contribution in [2.75, 3.05) is 6.54 Å². The molecule has 0 spiro atoms. The van der Waals surface area contributed by atoms with Gasteiger partial charge < -0.3 is 9.84 Å². The lowest BCUT2D eigenvalue weighted by Gasteiger charge is -2.25. The highest BCUT2D eigenvalue weighted by Crippen LogP contribution is 2.28. The summed E-state index contributed by atoms with van der Waals surface area (Å²) in [4.78, 5) is 4.55. The highest BCUT2D eigenvalue weighted by Gasteiger charge is 2.25. The van der Waals surface area contributed by atoms with Crippen LogP contribution < -0.4 is 5.32 Å². The molecule has 0 amide bonds. The largest absolute Gasteiger partial charge is 0.339 e. The molecule has 4 nitrogen and oxygen atoms in total. The molecule has 1 saturated heterocycles. The van der Waals surface area contributed by atoms with Gasteiger partial charge in [-0.05, 0) is 38.4 Å². The van der Waals surface area contributed by atoms with Crippen LogP contribution in [0.15, 0.2) is 33.3 Å². The van der Waals surface area contributed by atoms with Gasteiger partial charge in [-0.3, -0.25) is 0 Å². The molecule has 2 aromatic rings. The number of benzene rings is 1. The molecular weight excluding hydrogens is 306 g/mol. The van der Waals surface area contributed by atoms with E-state index in [-0.39, 0.29) is 0 Å². The fourth-order valence-corrected chi connectivity index (χ4v) is 2.90. The van der Waals surface area contributed by atoms with Crippen molar-refractivity contribution in [3.05, 3.63) is 34.6 Å². The third-order valence-corrected chi connectivity index (χ3v) is 3.99.